The molecular formula is C17H20N6O. The fourth-order valence-corrected chi connectivity index (χ4v) is 3.18. The molecule has 1 fully saturated rings. The maximum Gasteiger partial charge on any atom is 0.255 e. The lowest BCUT2D eigenvalue weighted by molar-refractivity contribution is 0.0930. The minimum Gasteiger partial charge on any atom is -0.348 e. The Bertz CT molecular complexity index is 841. The number of aryl methyl sites for hydroxylation is 1. The van der Waals surface area contributed by atoms with Gasteiger partial charge >= 0.3 is 0 Å². The van der Waals surface area contributed by atoms with Crippen LogP contribution in [0.25, 0.3) is 22.6 Å². The number of fused-ring (bicyclic) bond motifs is 1. The van der Waals surface area contributed by atoms with Crippen molar-refractivity contribution >= 4 is 16.9 Å². The molecule has 3 aromatic rings. The molecule has 4 rings (SSSR count). The summed E-state index contributed by atoms with van der Waals surface area (Å²) in [5, 5.41) is 13.6. The maximum atomic E-state index is 12.8. The summed E-state index contributed by atoms with van der Waals surface area (Å²) in [6.07, 6.45) is 2.07. The Morgan fingerprint density at radius 3 is 3.00 bits per heavy atom. The van der Waals surface area contributed by atoms with Gasteiger partial charge in [-0.3, -0.25) is 9.89 Å². The second kappa shape index (κ2) is 6.09. The molecule has 4 N–H and O–H groups in total. The number of aromatic amines is 2. The number of rotatable bonds is 3. The van der Waals surface area contributed by atoms with Crippen LogP contribution in [0.2, 0.25) is 0 Å². The number of nitrogens with one attached hydrogen (secondary N) is 4. The number of H-pyrrole nitrogens is 2. The molecule has 124 valence electrons. The number of para-hydroxylation sites is 2. The van der Waals surface area contributed by atoms with Gasteiger partial charge in [-0.25, -0.2) is 4.98 Å². The van der Waals surface area contributed by atoms with Gasteiger partial charge < -0.3 is 15.6 Å². The van der Waals surface area contributed by atoms with Gasteiger partial charge in [0.15, 0.2) is 5.82 Å². The molecule has 0 saturated carbocycles. The molecular weight excluding hydrogens is 304 g/mol. The number of aromatic nitrogens is 4. The average Bonchev–Trinajstić information content (AvgIpc) is 3.18. The lowest BCUT2D eigenvalue weighted by atomic mass is 10.1. The molecule has 0 bridgehead atoms. The molecule has 2 aromatic heterocycles. The van der Waals surface area contributed by atoms with Gasteiger partial charge in [-0.2, -0.15) is 5.10 Å². The fourth-order valence-electron chi connectivity index (χ4n) is 3.18. The van der Waals surface area contributed by atoms with Crippen LogP contribution >= 0.6 is 0 Å². The molecule has 0 spiro atoms. The Morgan fingerprint density at radius 1 is 1.33 bits per heavy atom. The van der Waals surface area contributed by atoms with E-state index in [1.807, 2.05) is 31.2 Å². The first-order chi connectivity index (χ1) is 11.7. The number of carbonyl (C=O) groups excluding carboxylic acids is 1. The summed E-state index contributed by atoms with van der Waals surface area (Å²) in [6, 6.07) is 7.93. The third-order valence-corrected chi connectivity index (χ3v) is 4.42. The van der Waals surface area contributed by atoms with E-state index in [0.717, 1.165) is 42.7 Å². The predicted octanol–water partition coefficient (Wildman–Crippen LogP) is 1.74. The van der Waals surface area contributed by atoms with Gasteiger partial charge in [0.1, 0.15) is 5.69 Å². The zero-order chi connectivity index (χ0) is 16.5. The van der Waals surface area contributed by atoms with Gasteiger partial charge in [-0.05, 0) is 38.4 Å². The SMILES string of the molecule is Cc1[nH]nc(-c2nc3ccccc3[nH]2)c1C(=O)NC1CCCNC1. The van der Waals surface area contributed by atoms with Gasteiger partial charge in [-0.1, -0.05) is 12.1 Å². The number of piperidine rings is 1. The highest BCUT2D eigenvalue weighted by atomic mass is 16.1. The lowest BCUT2D eigenvalue weighted by Crippen LogP contribution is -2.45. The van der Waals surface area contributed by atoms with Crippen molar-refractivity contribution in [1.29, 1.82) is 0 Å². The summed E-state index contributed by atoms with van der Waals surface area (Å²) in [5.74, 6) is 0.498. The van der Waals surface area contributed by atoms with Gasteiger partial charge in [0.25, 0.3) is 5.91 Å². The molecule has 1 aliphatic rings. The minimum absolute atomic E-state index is 0.106. The second-order valence-corrected chi connectivity index (χ2v) is 6.19. The summed E-state index contributed by atoms with van der Waals surface area (Å²) in [6.45, 7) is 3.68. The van der Waals surface area contributed by atoms with E-state index < -0.39 is 0 Å². The first kappa shape index (κ1) is 14.9. The molecule has 1 atom stereocenters. The molecule has 0 aliphatic carbocycles. The fraction of sp³-hybridized carbons (Fsp3) is 0.353. The summed E-state index contributed by atoms with van der Waals surface area (Å²) >= 11 is 0. The third kappa shape index (κ3) is 2.67. The van der Waals surface area contributed by atoms with Crippen molar-refractivity contribution in [3.05, 3.63) is 35.5 Å². The molecule has 1 aliphatic heterocycles. The highest BCUT2D eigenvalue weighted by Gasteiger charge is 2.24. The molecule has 7 nitrogen and oxygen atoms in total. The quantitative estimate of drug-likeness (QED) is 0.590. The summed E-state index contributed by atoms with van der Waals surface area (Å²) in [4.78, 5) is 20.6. The summed E-state index contributed by atoms with van der Waals surface area (Å²) in [7, 11) is 0. The van der Waals surface area contributed by atoms with E-state index >= 15 is 0 Å². The van der Waals surface area contributed by atoms with Crippen molar-refractivity contribution in [2.75, 3.05) is 13.1 Å². The van der Waals surface area contributed by atoms with Crippen LogP contribution in [0.15, 0.2) is 24.3 Å². The molecule has 3 heterocycles. The standard InChI is InChI=1S/C17H20N6O/c1-10-14(17(24)19-11-5-4-8-18-9-11)15(23-22-10)16-20-12-6-2-3-7-13(12)21-16/h2-3,6-7,11,18H,4-5,8-9H2,1H3,(H,19,24)(H,20,21)(H,22,23). The van der Waals surface area contributed by atoms with Gasteiger partial charge in [0, 0.05) is 18.3 Å². The Kier molecular flexibility index (Phi) is 3.78. The van der Waals surface area contributed by atoms with Crippen LogP contribution in [0.3, 0.4) is 0 Å². The predicted molar refractivity (Wildman–Crippen MR) is 91.8 cm³/mol. The average molecular weight is 324 g/mol. The Labute approximate surface area is 139 Å². The highest BCUT2D eigenvalue weighted by Crippen LogP contribution is 2.24. The zero-order valence-corrected chi connectivity index (χ0v) is 13.5. The van der Waals surface area contributed by atoms with Crippen LogP contribution in [0.4, 0.5) is 0 Å². The van der Waals surface area contributed by atoms with Crippen molar-refractivity contribution in [2.24, 2.45) is 0 Å². The highest BCUT2D eigenvalue weighted by molar-refractivity contribution is 6.01. The number of nitrogens with zero attached hydrogens (tertiary/aromatic N) is 2. The van der Waals surface area contributed by atoms with Crippen molar-refractivity contribution in [2.45, 2.75) is 25.8 Å². The van der Waals surface area contributed by atoms with Gasteiger partial charge in [-0.15, -0.1) is 0 Å². The van der Waals surface area contributed by atoms with Crippen LogP contribution in [0, 0.1) is 6.92 Å². The van der Waals surface area contributed by atoms with Crippen molar-refractivity contribution in [3.8, 4) is 11.5 Å². The Hall–Kier alpha value is -2.67. The number of benzene rings is 1. The minimum atomic E-state index is -0.106. The molecule has 1 saturated heterocycles. The Morgan fingerprint density at radius 2 is 2.21 bits per heavy atom. The molecule has 1 unspecified atom stereocenters. The van der Waals surface area contributed by atoms with Crippen LogP contribution in [-0.4, -0.2) is 45.2 Å². The van der Waals surface area contributed by atoms with E-state index in [2.05, 4.69) is 30.8 Å². The number of imidazole rings is 1. The Balaban J connectivity index is 1.66. The number of carbonyl (C=O) groups is 1. The molecule has 0 radical (unpaired) electrons. The first-order valence-corrected chi connectivity index (χ1v) is 8.24. The van der Waals surface area contributed by atoms with Crippen LogP contribution in [-0.2, 0) is 0 Å². The monoisotopic (exact) mass is 324 g/mol. The van der Waals surface area contributed by atoms with E-state index in [1.165, 1.54) is 0 Å². The van der Waals surface area contributed by atoms with Crippen LogP contribution in [0.5, 0.6) is 0 Å². The zero-order valence-electron chi connectivity index (χ0n) is 13.5. The van der Waals surface area contributed by atoms with Gasteiger partial charge in [0.05, 0.1) is 16.6 Å². The number of hydrogen-bond donors (Lipinski definition) is 4. The van der Waals surface area contributed by atoms with Crippen LogP contribution < -0.4 is 10.6 Å². The van der Waals surface area contributed by atoms with Gasteiger partial charge in [0.2, 0.25) is 0 Å². The molecule has 1 amide bonds. The van der Waals surface area contributed by atoms with E-state index in [0.29, 0.717) is 17.1 Å². The molecule has 7 heteroatoms. The van der Waals surface area contributed by atoms with Crippen molar-refractivity contribution in [3.63, 3.8) is 0 Å². The van der Waals surface area contributed by atoms with E-state index in [4.69, 9.17) is 0 Å². The lowest BCUT2D eigenvalue weighted by Gasteiger charge is -2.23. The summed E-state index contributed by atoms with van der Waals surface area (Å²) in [5.41, 5.74) is 3.64. The van der Waals surface area contributed by atoms with E-state index in [9.17, 15) is 4.79 Å². The van der Waals surface area contributed by atoms with E-state index in [-0.39, 0.29) is 11.9 Å². The maximum absolute atomic E-state index is 12.8. The van der Waals surface area contributed by atoms with Crippen LogP contribution in [0.1, 0.15) is 28.9 Å². The second-order valence-electron chi connectivity index (χ2n) is 6.19. The first-order valence-electron chi connectivity index (χ1n) is 8.24. The summed E-state index contributed by atoms with van der Waals surface area (Å²) < 4.78 is 0. The molecule has 1 aromatic carbocycles. The number of hydrogen-bond acceptors (Lipinski definition) is 4. The van der Waals surface area contributed by atoms with E-state index in [1.54, 1.807) is 0 Å². The van der Waals surface area contributed by atoms with Crippen molar-refractivity contribution in [1.82, 2.24) is 30.8 Å². The topological polar surface area (TPSA) is 98.5 Å². The number of amides is 1. The van der Waals surface area contributed by atoms with Crippen molar-refractivity contribution < 1.29 is 4.79 Å². The largest absolute Gasteiger partial charge is 0.348 e. The normalized spacial score (nSPS) is 18.0. The molecule has 24 heavy (non-hydrogen) atoms. The third-order valence-electron chi connectivity index (χ3n) is 4.42. The smallest absolute Gasteiger partial charge is 0.255 e.